The van der Waals surface area contributed by atoms with Gasteiger partial charge in [-0.15, -0.1) is 0 Å². The monoisotopic (exact) mass is 180 g/mol. The lowest BCUT2D eigenvalue weighted by Gasteiger charge is -2.07. The highest BCUT2D eigenvalue weighted by molar-refractivity contribution is 5.28. The van der Waals surface area contributed by atoms with Crippen molar-refractivity contribution in [2.45, 2.75) is 6.10 Å². The molecule has 1 saturated heterocycles. The Morgan fingerprint density at radius 1 is 1.31 bits per heavy atom. The van der Waals surface area contributed by atoms with Crippen LogP contribution in [0.15, 0.2) is 24.3 Å². The first-order chi connectivity index (χ1) is 6.40. The van der Waals surface area contributed by atoms with Crippen molar-refractivity contribution in [2.75, 3.05) is 20.5 Å². The first kappa shape index (κ1) is 8.53. The van der Waals surface area contributed by atoms with Gasteiger partial charge in [-0.25, -0.2) is 0 Å². The van der Waals surface area contributed by atoms with Crippen LogP contribution >= 0.6 is 0 Å². The van der Waals surface area contributed by atoms with Crippen LogP contribution in [0.3, 0.4) is 0 Å². The summed E-state index contributed by atoms with van der Waals surface area (Å²) in [5.41, 5.74) is 1.14. The average molecular weight is 180 g/mol. The Labute approximate surface area is 77.2 Å². The summed E-state index contributed by atoms with van der Waals surface area (Å²) in [5, 5.41) is 0. The molecule has 1 aromatic carbocycles. The van der Waals surface area contributed by atoms with Crippen LogP contribution in [0, 0.1) is 0 Å². The van der Waals surface area contributed by atoms with Gasteiger partial charge in [0.05, 0.1) is 13.7 Å². The Bertz CT molecular complexity index is 262. The maximum atomic E-state index is 5.35. The van der Waals surface area contributed by atoms with Crippen molar-refractivity contribution in [2.24, 2.45) is 0 Å². The molecule has 2 rings (SSSR count). The molecule has 0 amide bonds. The van der Waals surface area contributed by atoms with E-state index in [9.17, 15) is 0 Å². The molecule has 1 aromatic rings. The third kappa shape index (κ3) is 1.82. The third-order valence-corrected chi connectivity index (χ3v) is 2.11. The van der Waals surface area contributed by atoms with Gasteiger partial charge in [-0.3, -0.25) is 0 Å². The summed E-state index contributed by atoms with van der Waals surface area (Å²) in [4.78, 5) is 0. The Kier molecular flexibility index (Phi) is 2.47. The van der Waals surface area contributed by atoms with Crippen LogP contribution in [0.4, 0.5) is 0 Å². The van der Waals surface area contributed by atoms with Crippen molar-refractivity contribution in [3.05, 3.63) is 29.8 Å². The van der Waals surface area contributed by atoms with E-state index in [2.05, 4.69) is 0 Å². The Balaban J connectivity index is 2.12. The number of hydrogen-bond donors (Lipinski definition) is 0. The van der Waals surface area contributed by atoms with Crippen LogP contribution in [-0.2, 0) is 9.47 Å². The maximum absolute atomic E-state index is 5.35. The fourth-order valence-electron chi connectivity index (χ4n) is 1.34. The van der Waals surface area contributed by atoms with Crippen LogP contribution < -0.4 is 4.74 Å². The maximum Gasteiger partial charge on any atom is 0.147 e. The molecule has 0 aliphatic carbocycles. The van der Waals surface area contributed by atoms with Crippen molar-refractivity contribution < 1.29 is 14.2 Å². The standard InChI is InChI=1S/C10H12O3/c1-11-9-4-2-8(3-5-9)10-6-12-7-13-10/h2-5,10H,6-7H2,1H3. The van der Waals surface area contributed by atoms with E-state index in [-0.39, 0.29) is 6.10 Å². The minimum absolute atomic E-state index is 0.0888. The summed E-state index contributed by atoms with van der Waals surface area (Å²) >= 11 is 0. The molecular formula is C10H12O3. The summed E-state index contributed by atoms with van der Waals surface area (Å²) in [7, 11) is 1.66. The molecule has 1 unspecified atom stereocenters. The van der Waals surface area contributed by atoms with E-state index in [1.54, 1.807) is 7.11 Å². The zero-order valence-corrected chi connectivity index (χ0v) is 7.53. The van der Waals surface area contributed by atoms with Crippen molar-refractivity contribution in [3.8, 4) is 5.75 Å². The average Bonchev–Trinajstić information content (AvgIpc) is 2.71. The van der Waals surface area contributed by atoms with Crippen molar-refractivity contribution in [3.63, 3.8) is 0 Å². The summed E-state index contributed by atoms with van der Waals surface area (Å²) in [6.45, 7) is 1.04. The minimum atomic E-state index is 0.0888. The van der Waals surface area contributed by atoms with Crippen LogP contribution in [0.2, 0.25) is 0 Å². The molecule has 0 radical (unpaired) electrons. The van der Waals surface area contributed by atoms with Crippen molar-refractivity contribution in [1.29, 1.82) is 0 Å². The summed E-state index contributed by atoms with van der Waals surface area (Å²) < 4.78 is 15.5. The van der Waals surface area contributed by atoms with Gasteiger partial charge < -0.3 is 14.2 Å². The number of benzene rings is 1. The lowest BCUT2D eigenvalue weighted by atomic mass is 10.1. The first-order valence-corrected chi connectivity index (χ1v) is 4.23. The van der Waals surface area contributed by atoms with E-state index in [1.807, 2.05) is 24.3 Å². The van der Waals surface area contributed by atoms with Gasteiger partial charge in [-0.1, -0.05) is 12.1 Å². The molecule has 0 bridgehead atoms. The van der Waals surface area contributed by atoms with Crippen LogP contribution in [-0.4, -0.2) is 20.5 Å². The molecule has 3 heteroatoms. The molecule has 1 atom stereocenters. The smallest absolute Gasteiger partial charge is 0.147 e. The van der Waals surface area contributed by atoms with Gasteiger partial charge in [-0.2, -0.15) is 0 Å². The number of ether oxygens (including phenoxy) is 3. The summed E-state index contributed by atoms with van der Waals surface area (Å²) in [6, 6.07) is 7.85. The molecule has 0 saturated carbocycles. The summed E-state index contributed by atoms with van der Waals surface area (Å²) in [6.07, 6.45) is 0.0888. The van der Waals surface area contributed by atoms with E-state index in [1.165, 1.54) is 0 Å². The molecule has 1 aliphatic rings. The van der Waals surface area contributed by atoms with Gasteiger partial charge in [0.1, 0.15) is 18.6 Å². The largest absolute Gasteiger partial charge is 0.497 e. The van der Waals surface area contributed by atoms with Gasteiger partial charge in [0.2, 0.25) is 0 Å². The van der Waals surface area contributed by atoms with Crippen LogP contribution in [0.1, 0.15) is 11.7 Å². The summed E-state index contributed by atoms with van der Waals surface area (Å²) in [5.74, 6) is 0.864. The molecule has 13 heavy (non-hydrogen) atoms. The van der Waals surface area contributed by atoms with Crippen LogP contribution in [0.5, 0.6) is 5.75 Å². The molecule has 0 spiro atoms. The Hall–Kier alpha value is -1.06. The zero-order chi connectivity index (χ0) is 9.10. The second-order valence-corrected chi connectivity index (χ2v) is 2.92. The second-order valence-electron chi connectivity index (χ2n) is 2.92. The van der Waals surface area contributed by atoms with E-state index in [4.69, 9.17) is 14.2 Å². The first-order valence-electron chi connectivity index (χ1n) is 4.23. The van der Waals surface area contributed by atoms with Gasteiger partial charge >= 0.3 is 0 Å². The lowest BCUT2D eigenvalue weighted by Crippen LogP contribution is -1.99. The zero-order valence-electron chi connectivity index (χ0n) is 7.53. The normalized spacial score (nSPS) is 21.8. The van der Waals surface area contributed by atoms with Crippen molar-refractivity contribution in [1.82, 2.24) is 0 Å². The molecule has 70 valence electrons. The van der Waals surface area contributed by atoms with E-state index < -0.39 is 0 Å². The minimum Gasteiger partial charge on any atom is -0.497 e. The lowest BCUT2D eigenvalue weighted by molar-refractivity contribution is 0.0466. The predicted octanol–water partition coefficient (Wildman–Crippen LogP) is 1.74. The quantitative estimate of drug-likeness (QED) is 0.693. The van der Waals surface area contributed by atoms with E-state index in [0.29, 0.717) is 13.4 Å². The fraction of sp³-hybridized carbons (Fsp3) is 0.400. The molecular weight excluding hydrogens is 168 g/mol. The molecule has 3 nitrogen and oxygen atoms in total. The fourth-order valence-corrected chi connectivity index (χ4v) is 1.34. The Morgan fingerprint density at radius 3 is 2.62 bits per heavy atom. The molecule has 1 heterocycles. The molecule has 0 N–H and O–H groups in total. The number of rotatable bonds is 2. The van der Waals surface area contributed by atoms with Gasteiger partial charge in [0, 0.05) is 0 Å². The highest BCUT2D eigenvalue weighted by Gasteiger charge is 2.17. The molecule has 0 aromatic heterocycles. The number of hydrogen-bond acceptors (Lipinski definition) is 3. The van der Waals surface area contributed by atoms with Gasteiger partial charge in [-0.05, 0) is 17.7 Å². The highest BCUT2D eigenvalue weighted by Crippen LogP contribution is 2.24. The number of methoxy groups -OCH3 is 1. The van der Waals surface area contributed by atoms with Gasteiger partial charge in [0.25, 0.3) is 0 Å². The van der Waals surface area contributed by atoms with Crippen molar-refractivity contribution >= 4 is 0 Å². The third-order valence-electron chi connectivity index (χ3n) is 2.11. The Morgan fingerprint density at radius 2 is 2.08 bits per heavy atom. The molecule has 1 aliphatic heterocycles. The SMILES string of the molecule is COc1ccc(C2COCO2)cc1. The highest BCUT2D eigenvalue weighted by atomic mass is 16.7. The van der Waals surface area contributed by atoms with Crippen LogP contribution in [0.25, 0.3) is 0 Å². The van der Waals surface area contributed by atoms with Gasteiger partial charge in [0.15, 0.2) is 0 Å². The van der Waals surface area contributed by atoms with E-state index in [0.717, 1.165) is 11.3 Å². The topological polar surface area (TPSA) is 27.7 Å². The van der Waals surface area contributed by atoms with E-state index >= 15 is 0 Å². The predicted molar refractivity (Wildman–Crippen MR) is 47.6 cm³/mol. The molecule has 1 fully saturated rings. The second kappa shape index (κ2) is 3.77.